The molecule has 16 heavy (non-hydrogen) atoms. The van der Waals surface area contributed by atoms with Crippen LogP contribution in [0, 0.1) is 0 Å². The Balaban J connectivity index is 2.82. The molecule has 3 N–H and O–H groups in total. The summed E-state index contributed by atoms with van der Waals surface area (Å²) in [7, 11) is 0. The highest BCUT2D eigenvalue weighted by molar-refractivity contribution is 6.42. The summed E-state index contributed by atoms with van der Waals surface area (Å²) >= 11 is 11.9. The number of nitrogens with two attached hydrogens (primary N) is 1. The van der Waals surface area contributed by atoms with Gasteiger partial charge in [0.15, 0.2) is 0 Å². The lowest BCUT2D eigenvalue weighted by molar-refractivity contribution is 0.452. The molecule has 0 aliphatic heterocycles. The van der Waals surface area contributed by atoms with Gasteiger partial charge in [0.05, 0.1) is 10.0 Å². The summed E-state index contributed by atoms with van der Waals surface area (Å²) in [5.74, 6) is 0. The number of benzene rings is 1. The van der Waals surface area contributed by atoms with Crippen molar-refractivity contribution >= 4 is 23.2 Å². The molecule has 0 bridgehead atoms. The summed E-state index contributed by atoms with van der Waals surface area (Å²) in [6.07, 6.45) is 1.07. The lowest BCUT2D eigenvalue weighted by Crippen LogP contribution is -2.34. The van der Waals surface area contributed by atoms with Crippen molar-refractivity contribution in [3.63, 3.8) is 0 Å². The van der Waals surface area contributed by atoms with Gasteiger partial charge < -0.3 is 11.1 Å². The summed E-state index contributed by atoms with van der Waals surface area (Å²) in [6, 6.07) is 6.20. The zero-order valence-corrected chi connectivity index (χ0v) is 11.1. The second-order valence-electron chi connectivity index (χ2n) is 3.94. The fourth-order valence-electron chi connectivity index (χ4n) is 1.49. The Hall–Kier alpha value is -0.280. The molecular weight excluding hydrogens is 243 g/mol. The molecule has 1 aromatic carbocycles. The molecule has 0 spiro atoms. The van der Waals surface area contributed by atoms with Gasteiger partial charge in [-0.2, -0.15) is 0 Å². The van der Waals surface area contributed by atoms with E-state index in [1.807, 2.05) is 12.1 Å². The van der Waals surface area contributed by atoms with Crippen molar-refractivity contribution in [2.45, 2.75) is 32.4 Å². The van der Waals surface area contributed by atoms with Gasteiger partial charge in [-0.05, 0) is 31.0 Å². The average molecular weight is 261 g/mol. The van der Waals surface area contributed by atoms with Crippen molar-refractivity contribution in [3.8, 4) is 0 Å². The average Bonchev–Trinajstić information content (AvgIpc) is 2.29. The highest BCUT2D eigenvalue weighted by Crippen LogP contribution is 2.25. The van der Waals surface area contributed by atoms with E-state index >= 15 is 0 Å². The Morgan fingerprint density at radius 1 is 1.31 bits per heavy atom. The van der Waals surface area contributed by atoms with Crippen molar-refractivity contribution in [2.75, 3.05) is 6.54 Å². The van der Waals surface area contributed by atoms with Crippen molar-refractivity contribution in [1.82, 2.24) is 5.32 Å². The van der Waals surface area contributed by atoms with Crippen LogP contribution in [0.1, 0.15) is 31.9 Å². The largest absolute Gasteiger partial charge is 0.329 e. The first-order valence-electron chi connectivity index (χ1n) is 5.49. The van der Waals surface area contributed by atoms with Crippen LogP contribution in [0.15, 0.2) is 18.2 Å². The summed E-state index contributed by atoms with van der Waals surface area (Å²) in [5, 5.41) is 4.60. The van der Waals surface area contributed by atoms with E-state index in [4.69, 9.17) is 28.9 Å². The van der Waals surface area contributed by atoms with Crippen molar-refractivity contribution in [3.05, 3.63) is 33.8 Å². The summed E-state index contributed by atoms with van der Waals surface area (Å²) < 4.78 is 0. The Bertz CT molecular complexity index is 342. The summed E-state index contributed by atoms with van der Waals surface area (Å²) in [6.45, 7) is 4.82. The van der Waals surface area contributed by atoms with Crippen LogP contribution in [0.4, 0.5) is 0 Å². The Morgan fingerprint density at radius 3 is 2.50 bits per heavy atom. The van der Waals surface area contributed by atoms with E-state index in [1.54, 1.807) is 6.07 Å². The molecule has 0 saturated heterocycles. The van der Waals surface area contributed by atoms with Crippen LogP contribution in [0.3, 0.4) is 0 Å². The number of rotatable bonds is 5. The number of halogens is 2. The van der Waals surface area contributed by atoms with Gasteiger partial charge >= 0.3 is 0 Å². The standard InChI is InChI=1S/C12H18Cl2N2/c1-3-8(2)16-12(7-15)9-4-5-10(13)11(14)6-9/h4-6,8,12,16H,3,7,15H2,1-2H3. The van der Waals surface area contributed by atoms with Gasteiger partial charge in [0.25, 0.3) is 0 Å². The van der Waals surface area contributed by atoms with Crippen LogP contribution < -0.4 is 11.1 Å². The van der Waals surface area contributed by atoms with Gasteiger partial charge in [-0.3, -0.25) is 0 Å². The molecule has 1 aromatic rings. The topological polar surface area (TPSA) is 38.0 Å². The molecule has 0 aliphatic rings. The number of hydrogen-bond donors (Lipinski definition) is 2. The molecular formula is C12H18Cl2N2. The molecule has 0 aliphatic carbocycles. The lowest BCUT2D eigenvalue weighted by atomic mass is 10.1. The maximum atomic E-state index is 5.98. The zero-order valence-electron chi connectivity index (χ0n) is 9.63. The third-order valence-electron chi connectivity index (χ3n) is 2.68. The van der Waals surface area contributed by atoms with Crippen molar-refractivity contribution in [1.29, 1.82) is 0 Å². The van der Waals surface area contributed by atoms with E-state index in [0.717, 1.165) is 12.0 Å². The van der Waals surface area contributed by atoms with E-state index in [9.17, 15) is 0 Å². The van der Waals surface area contributed by atoms with Crippen LogP contribution in [0.2, 0.25) is 10.0 Å². The minimum atomic E-state index is 0.129. The predicted octanol–water partition coefficient (Wildman–Crippen LogP) is 3.38. The van der Waals surface area contributed by atoms with E-state index in [-0.39, 0.29) is 6.04 Å². The molecule has 0 radical (unpaired) electrons. The smallest absolute Gasteiger partial charge is 0.0595 e. The minimum Gasteiger partial charge on any atom is -0.329 e. The molecule has 2 nitrogen and oxygen atoms in total. The molecule has 0 aromatic heterocycles. The Kier molecular flexibility index (Phi) is 5.56. The van der Waals surface area contributed by atoms with Gasteiger partial charge in [0.1, 0.15) is 0 Å². The SMILES string of the molecule is CCC(C)NC(CN)c1ccc(Cl)c(Cl)c1. The molecule has 1 rings (SSSR count). The fraction of sp³-hybridized carbons (Fsp3) is 0.500. The predicted molar refractivity (Wildman–Crippen MR) is 71.1 cm³/mol. The van der Waals surface area contributed by atoms with Gasteiger partial charge in [-0.15, -0.1) is 0 Å². The van der Waals surface area contributed by atoms with E-state index in [2.05, 4.69) is 19.2 Å². The molecule has 0 amide bonds. The van der Waals surface area contributed by atoms with E-state index in [1.165, 1.54) is 0 Å². The number of hydrogen-bond acceptors (Lipinski definition) is 2. The van der Waals surface area contributed by atoms with Gasteiger partial charge in [-0.1, -0.05) is 36.2 Å². The van der Waals surface area contributed by atoms with E-state index in [0.29, 0.717) is 22.6 Å². The molecule has 0 fully saturated rings. The summed E-state index contributed by atoms with van der Waals surface area (Å²) in [4.78, 5) is 0. The van der Waals surface area contributed by atoms with Crippen LogP contribution in [-0.4, -0.2) is 12.6 Å². The fourth-order valence-corrected chi connectivity index (χ4v) is 1.80. The van der Waals surface area contributed by atoms with Crippen LogP contribution in [-0.2, 0) is 0 Å². The Labute approximate surface area is 107 Å². The first kappa shape index (κ1) is 13.8. The first-order chi connectivity index (χ1) is 7.58. The van der Waals surface area contributed by atoms with Gasteiger partial charge in [0.2, 0.25) is 0 Å². The highest BCUT2D eigenvalue weighted by atomic mass is 35.5. The number of nitrogens with one attached hydrogen (secondary N) is 1. The molecule has 2 unspecified atom stereocenters. The third kappa shape index (κ3) is 3.63. The second-order valence-corrected chi connectivity index (χ2v) is 4.75. The maximum Gasteiger partial charge on any atom is 0.0595 e. The van der Waals surface area contributed by atoms with Gasteiger partial charge in [0, 0.05) is 18.6 Å². The second kappa shape index (κ2) is 6.45. The van der Waals surface area contributed by atoms with Crippen LogP contribution in [0.5, 0.6) is 0 Å². The van der Waals surface area contributed by atoms with E-state index < -0.39 is 0 Å². The zero-order chi connectivity index (χ0) is 12.1. The van der Waals surface area contributed by atoms with Gasteiger partial charge in [-0.25, -0.2) is 0 Å². The summed E-state index contributed by atoms with van der Waals surface area (Å²) in [5.41, 5.74) is 6.84. The minimum absolute atomic E-state index is 0.129. The first-order valence-corrected chi connectivity index (χ1v) is 6.25. The van der Waals surface area contributed by atoms with Crippen molar-refractivity contribution in [2.24, 2.45) is 5.73 Å². The van der Waals surface area contributed by atoms with Crippen LogP contribution >= 0.6 is 23.2 Å². The molecule has 4 heteroatoms. The van der Waals surface area contributed by atoms with Crippen LogP contribution in [0.25, 0.3) is 0 Å². The van der Waals surface area contributed by atoms with Crippen molar-refractivity contribution < 1.29 is 0 Å². The monoisotopic (exact) mass is 260 g/mol. The maximum absolute atomic E-state index is 5.98. The lowest BCUT2D eigenvalue weighted by Gasteiger charge is -2.22. The quantitative estimate of drug-likeness (QED) is 0.852. The molecule has 90 valence electrons. The third-order valence-corrected chi connectivity index (χ3v) is 3.42. The Morgan fingerprint density at radius 2 is 2.00 bits per heavy atom. The molecule has 0 heterocycles. The highest BCUT2D eigenvalue weighted by Gasteiger charge is 2.12. The molecule has 0 saturated carbocycles. The normalized spacial score (nSPS) is 14.8. The molecule has 2 atom stereocenters.